The zero-order valence-electron chi connectivity index (χ0n) is 25.0. The van der Waals surface area contributed by atoms with Gasteiger partial charge in [0.05, 0.1) is 22.5 Å². The molecule has 7 aromatic rings. The largest absolute Gasteiger partial charge is 0.354 e. The Balaban J connectivity index is 1.37. The Kier molecular flexibility index (Phi) is 6.12. The molecule has 7 aromatic carbocycles. The van der Waals surface area contributed by atoms with Gasteiger partial charge in [0.25, 0.3) is 0 Å². The van der Waals surface area contributed by atoms with E-state index in [4.69, 9.17) is 11.6 Å². The highest BCUT2D eigenvalue weighted by Crippen LogP contribution is 2.65. The fourth-order valence-electron chi connectivity index (χ4n) is 7.79. The first-order valence-electron chi connectivity index (χ1n) is 15.7. The Labute approximate surface area is 274 Å². The van der Waals surface area contributed by atoms with Crippen molar-refractivity contribution in [2.24, 2.45) is 0 Å². The minimum atomic E-state index is -0.483. The van der Waals surface area contributed by atoms with Gasteiger partial charge in [-0.2, -0.15) is 0 Å². The van der Waals surface area contributed by atoms with E-state index in [0.29, 0.717) is 0 Å². The molecule has 0 aliphatic heterocycles. The first kappa shape index (κ1) is 26.8. The van der Waals surface area contributed by atoms with Crippen LogP contribution in [0.15, 0.2) is 170 Å². The van der Waals surface area contributed by atoms with Gasteiger partial charge < -0.3 is 10.2 Å². The summed E-state index contributed by atoms with van der Waals surface area (Å²) >= 11 is 7.29. The lowest BCUT2D eigenvalue weighted by Gasteiger charge is -2.32. The van der Waals surface area contributed by atoms with Gasteiger partial charge in [-0.1, -0.05) is 133 Å². The molecule has 0 atom stereocenters. The van der Waals surface area contributed by atoms with E-state index in [2.05, 4.69) is 168 Å². The van der Waals surface area contributed by atoms with E-state index in [-0.39, 0.29) is 0 Å². The molecule has 0 unspecified atom stereocenters. The highest BCUT2D eigenvalue weighted by molar-refractivity contribution is 6.34. The zero-order valence-corrected chi connectivity index (χ0v) is 25.7. The van der Waals surface area contributed by atoms with Gasteiger partial charge in [0.2, 0.25) is 0 Å². The van der Waals surface area contributed by atoms with E-state index in [0.717, 1.165) is 44.6 Å². The normalized spacial score (nSPS) is 13.1. The first-order valence-corrected chi connectivity index (χ1v) is 16.0. The fourth-order valence-corrected chi connectivity index (χ4v) is 8.06. The van der Waals surface area contributed by atoms with Crippen molar-refractivity contribution in [2.75, 3.05) is 10.2 Å². The maximum atomic E-state index is 7.29. The summed E-state index contributed by atoms with van der Waals surface area (Å²) in [5.41, 5.74) is 14.6. The van der Waals surface area contributed by atoms with Crippen LogP contribution in [-0.2, 0) is 5.41 Å². The summed E-state index contributed by atoms with van der Waals surface area (Å²) < 4.78 is 0. The van der Waals surface area contributed by atoms with E-state index in [1.807, 2.05) is 12.1 Å². The van der Waals surface area contributed by atoms with Gasteiger partial charge in [-0.15, -0.1) is 0 Å². The molecule has 3 heteroatoms. The second-order valence-electron chi connectivity index (χ2n) is 11.9. The van der Waals surface area contributed by atoms with Gasteiger partial charge in [-0.3, -0.25) is 0 Å². The third-order valence-electron chi connectivity index (χ3n) is 9.52. The minimum absolute atomic E-state index is 0.483. The Hall–Kier alpha value is -5.57. The zero-order chi connectivity index (χ0) is 30.7. The molecule has 0 aromatic heterocycles. The van der Waals surface area contributed by atoms with Crippen molar-refractivity contribution in [1.29, 1.82) is 0 Å². The molecule has 0 saturated carbocycles. The van der Waals surface area contributed by atoms with Gasteiger partial charge in [0.1, 0.15) is 0 Å². The number of benzene rings is 7. The second kappa shape index (κ2) is 10.5. The van der Waals surface area contributed by atoms with E-state index < -0.39 is 5.41 Å². The summed E-state index contributed by atoms with van der Waals surface area (Å²) in [5.74, 6) is 0. The molecule has 2 aliphatic carbocycles. The number of hydrogen-bond donors (Lipinski definition) is 1. The van der Waals surface area contributed by atoms with Gasteiger partial charge in [-0.05, 0) is 81.9 Å². The molecular weight excluding hydrogens is 580 g/mol. The van der Waals surface area contributed by atoms with Crippen molar-refractivity contribution < 1.29 is 0 Å². The molecule has 0 bridgehead atoms. The molecule has 1 spiro atoms. The lowest BCUT2D eigenvalue weighted by atomic mass is 9.70. The Morgan fingerprint density at radius 1 is 0.435 bits per heavy atom. The van der Waals surface area contributed by atoms with Gasteiger partial charge in [0.15, 0.2) is 0 Å². The van der Waals surface area contributed by atoms with Gasteiger partial charge in [-0.25, -0.2) is 0 Å². The van der Waals surface area contributed by atoms with Crippen molar-refractivity contribution in [3.05, 3.63) is 197 Å². The van der Waals surface area contributed by atoms with Crippen molar-refractivity contribution in [2.45, 2.75) is 5.41 Å². The monoisotopic (exact) mass is 608 g/mol. The van der Waals surface area contributed by atoms with Crippen LogP contribution in [0.25, 0.3) is 22.3 Å². The molecule has 0 saturated heterocycles. The minimum Gasteiger partial charge on any atom is -0.354 e. The van der Waals surface area contributed by atoms with E-state index >= 15 is 0 Å². The predicted octanol–water partition coefficient (Wildman–Crippen LogP) is 11.9. The average Bonchev–Trinajstić information content (AvgIpc) is 3.59. The van der Waals surface area contributed by atoms with Crippen LogP contribution >= 0.6 is 11.6 Å². The van der Waals surface area contributed by atoms with Crippen LogP contribution < -0.4 is 10.2 Å². The summed E-state index contributed by atoms with van der Waals surface area (Å²) in [7, 11) is 0. The predicted molar refractivity (Wildman–Crippen MR) is 192 cm³/mol. The van der Waals surface area contributed by atoms with Crippen LogP contribution in [0.3, 0.4) is 0 Å². The molecule has 9 rings (SSSR count). The number of fused-ring (bicyclic) bond motifs is 10. The molecule has 218 valence electrons. The number of para-hydroxylation sites is 4. The highest BCUT2D eigenvalue weighted by Gasteiger charge is 2.53. The molecular formula is C43H29ClN2. The van der Waals surface area contributed by atoms with Crippen LogP contribution in [0, 0.1) is 0 Å². The van der Waals surface area contributed by atoms with Crippen LogP contribution in [0.5, 0.6) is 0 Å². The number of rotatable bonds is 5. The maximum Gasteiger partial charge on any atom is 0.0726 e. The Morgan fingerprint density at radius 3 is 1.67 bits per heavy atom. The SMILES string of the molecule is Clc1cccc2c1-c1c(N(c3ccccc3)c3ccccc3Nc3ccccc3)cccc1C21c2ccccc2-c2ccccc21. The molecule has 0 amide bonds. The number of anilines is 5. The number of nitrogens with zero attached hydrogens (tertiary/aromatic N) is 1. The fraction of sp³-hybridized carbons (Fsp3) is 0.0233. The number of nitrogens with one attached hydrogen (secondary N) is 1. The van der Waals surface area contributed by atoms with Gasteiger partial charge in [0, 0.05) is 27.5 Å². The standard InChI is InChI=1S/C43H29ClN2/c44-37-25-13-23-35-41(37)42-36(43(35)33-21-9-7-19-31(33)32-20-8-10-22-34(32)43)24-14-28-40(42)46(30-17-5-2-6-18-30)39-27-12-11-26-38(39)45-29-15-3-1-4-16-29/h1-28,45H. The molecule has 0 heterocycles. The lowest BCUT2D eigenvalue weighted by molar-refractivity contribution is 0.794. The molecule has 2 aliphatic rings. The third-order valence-corrected chi connectivity index (χ3v) is 9.83. The highest BCUT2D eigenvalue weighted by atomic mass is 35.5. The van der Waals surface area contributed by atoms with Gasteiger partial charge >= 0.3 is 0 Å². The lowest BCUT2D eigenvalue weighted by Crippen LogP contribution is -2.26. The second-order valence-corrected chi connectivity index (χ2v) is 12.3. The van der Waals surface area contributed by atoms with Crippen molar-refractivity contribution in [3.63, 3.8) is 0 Å². The maximum absolute atomic E-state index is 7.29. The quantitative estimate of drug-likeness (QED) is 0.209. The van der Waals surface area contributed by atoms with E-state index in [1.165, 1.54) is 33.4 Å². The smallest absolute Gasteiger partial charge is 0.0726 e. The van der Waals surface area contributed by atoms with Crippen LogP contribution in [0.4, 0.5) is 28.4 Å². The number of halogens is 1. The summed E-state index contributed by atoms with van der Waals surface area (Å²) in [5, 5.41) is 4.46. The van der Waals surface area contributed by atoms with Crippen LogP contribution in [0.2, 0.25) is 5.02 Å². The Bertz CT molecular complexity index is 2210. The summed E-state index contributed by atoms with van der Waals surface area (Å²) in [6.45, 7) is 0. The summed E-state index contributed by atoms with van der Waals surface area (Å²) in [6, 6.07) is 60.4. The summed E-state index contributed by atoms with van der Waals surface area (Å²) in [6.07, 6.45) is 0. The molecule has 46 heavy (non-hydrogen) atoms. The van der Waals surface area contributed by atoms with E-state index in [9.17, 15) is 0 Å². The van der Waals surface area contributed by atoms with Crippen molar-refractivity contribution >= 4 is 40.0 Å². The third kappa shape index (κ3) is 3.77. The van der Waals surface area contributed by atoms with E-state index in [1.54, 1.807) is 0 Å². The van der Waals surface area contributed by atoms with Crippen molar-refractivity contribution in [1.82, 2.24) is 0 Å². The molecule has 1 N–H and O–H groups in total. The topological polar surface area (TPSA) is 15.3 Å². The van der Waals surface area contributed by atoms with Crippen LogP contribution in [-0.4, -0.2) is 0 Å². The average molecular weight is 609 g/mol. The molecule has 2 nitrogen and oxygen atoms in total. The molecule has 0 fully saturated rings. The Morgan fingerprint density at radius 2 is 0.957 bits per heavy atom. The van der Waals surface area contributed by atoms with Crippen molar-refractivity contribution in [3.8, 4) is 22.3 Å². The molecule has 0 radical (unpaired) electrons. The van der Waals surface area contributed by atoms with Crippen LogP contribution in [0.1, 0.15) is 22.3 Å². The first-order chi connectivity index (χ1) is 22.8. The number of hydrogen-bond acceptors (Lipinski definition) is 2. The summed E-state index contributed by atoms with van der Waals surface area (Å²) in [4.78, 5) is 2.38.